The van der Waals surface area contributed by atoms with Gasteiger partial charge in [-0.25, -0.2) is 0 Å². The lowest BCUT2D eigenvalue weighted by Crippen LogP contribution is -2.32. The molecule has 2 atom stereocenters. The van der Waals surface area contributed by atoms with Gasteiger partial charge in [-0.3, -0.25) is 9.59 Å². The van der Waals surface area contributed by atoms with Crippen molar-refractivity contribution in [3.8, 4) is 0 Å². The third kappa shape index (κ3) is 2.93. The van der Waals surface area contributed by atoms with Crippen LogP contribution in [0.15, 0.2) is 48.5 Å². The molecule has 0 fully saturated rings. The maximum absolute atomic E-state index is 12.8. The number of rotatable bonds is 4. The Morgan fingerprint density at radius 2 is 1.60 bits per heavy atom. The Bertz CT molecular complexity index is 804. The van der Waals surface area contributed by atoms with E-state index in [1.807, 2.05) is 42.5 Å². The van der Waals surface area contributed by atoms with Crippen molar-refractivity contribution in [1.29, 1.82) is 0 Å². The van der Waals surface area contributed by atoms with E-state index in [9.17, 15) is 14.7 Å². The minimum absolute atomic E-state index is 0.0621. The lowest BCUT2D eigenvalue weighted by atomic mass is 9.84. The fraction of sp³-hybridized carbons (Fsp3) is 0.333. The van der Waals surface area contributed by atoms with Crippen molar-refractivity contribution in [3.63, 3.8) is 0 Å². The van der Waals surface area contributed by atoms with Gasteiger partial charge < -0.3 is 10.0 Å². The fourth-order valence-corrected chi connectivity index (χ4v) is 4.24. The second-order valence-electron chi connectivity index (χ2n) is 7.01. The summed E-state index contributed by atoms with van der Waals surface area (Å²) in [5, 5.41) is 9.75. The Hall–Kier alpha value is -2.62. The summed E-state index contributed by atoms with van der Waals surface area (Å²) >= 11 is 0. The maximum Gasteiger partial charge on any atom is 0.307 e. The van der Waals surface area contributed by atoms with Gasteiger partial charge in [0.2, 0.25) is 5.91 Å². The third-order valence-electron chi connectivity index (χ3n) is 5.57. The first-order valence-corrected chi connectivity index (χ1v) is 8.78. The zero-order chi connectivity index (χ0) is 17.4. The van der Waals surface area contributed by atoms with Gasteiger partial charge in [0, 0.05) is 19.5 Å². The molecule has 0 saturated heterocycles. The zero-order valence-corrected chi connectivity index (χ0v) is 14.0. The highest BCUT2D eigenvalue weighted by molar-refractivity contribution is 5.83. The Morgan fingerprint density at radius 1 is 1.00 bits per heavy atom. The molecule has 1 amide bonds. The van der Waals surface area contributed by atoms with Crippen molar-refractivity contribution < 1.29 is 14.7 Å². The molecule has 2 aromatic rings. The van der Waals surface area contributed by atoms with Crippen LogP contribution in [0.2, 0.25) is 0 Å². The molecule has 1 unspecified atom stereocenters. The number of amides is 1. The van der Waals surface area contributed by atoms with E-state index in [1.54, 1.807) is 4.90 Å². The average Bonchev–Trinajstić information content (AvgIpc) is 3.23. The molecule has 4 rings (SSSR count). The van der Waals surface area contributed by atoms with E-state index in [0.29, 0.717) is 13.1 Å². The van der Waals surface area contributed by atoms with Crippen molar-refractivity contribution in [3.05, 3.63) is 70.8 Å². The van der Waals surface area contributed by atoms with Gasteiger partial charge in [0.05, 0.1) is 5.92 Å². The minimum Gasteiger partial charge on any atom is -0.481 e. The van der Waals surface area contributed by atoms with E-state index in [1.165, 1.54) is 5.56 Å². The normalized spacial score (nSPS) is 19.4. The molecule has 4 nitrogen and oxygen atoms in total. The molecule has 25 heavy (non-hydrogen) atoms. The van der Waals surface area contributed by atoms with Crippen LogP contribution < -0.4 is 0 Å². The first-order chi connectivity index (χ1) is 12.1. The highest BCUT2D eigenvalue weighted by Gasteiger charge is 2.37. The SMILES string of the molecule is O=C(O)C(CC(=O)N1Cc2ccccc2C1)[C@H]1CCc2ccccc21. The van der Waals surface area contributed by atoms with Gasteiger partial charge in [-0.15, -0.1) is 0 Å². The maximum atomic E-state index is 12.8. The van der Waals surface area contributed by atoms with E-state index < -0.39 is 11.9 Å². The molecule has 1 aliphatic heterocycles. The zero-order valence-electron chi connectivity index (χ0n) is 14.0. The molecule has 0 bridgehead atoms. The predicted molar refractivity (Wildman–Crippen MR) is 93.9 cm³/mol. The molecule has 0 aromatic heterocycles. The number of aliphatic carboxylic acids is 1. The highest BCUT2D eigenvalue weighted by atomic mass is 16.4. The number of carbonyl (C=O) groups excluding carboxylic acids is 1. The second-order valence-corrected chi connectivity index (χ2v) is 7.01. The standard InChI is InChI=1S/C21H21NO3/c23-20(22-12-15-6-1-2-7-16(15)13-22)11-19(21(24)25)18-10-9-14-5-3-4-8-17(14)18/h1-8,18-19H,9-13H2,(H,24,25)/t18-,19?/m0/s1. The van der Waals surface area contributed by atoms with Crippen molar-refractivity contribution in [2.24, 2.45) is 5.92 Å². The number of aryl methyl sites for hydroxylation is 1. The van der Waals surface area contributed by atoms with Gasteiger partial charge in [0.25, 0.3) is 0 Å². The van der Waals surface area contributed by atoms with E-state index in [4.69, 9.17) is 0 Å². The molecule has 1 aliphatic carbocycles. The van der Waals surface area contributed by atoms with Gasteiger partial charge in [-0.2, -0.15) is 0 Å². The summed E-state index contributed by atoms with van der Waals surface area (Å²) in [6.07, 6.45) is 1.78. The number of nitrogens with zero attached hydrogens (tertiary/aromatic N) is 1. The minimum atomic E-state index is -0.869. The highest BCUT2D eigenvalue weighted by Crippen LogP contribution is 2.40. The summed E-state index contributed by atoms with van der Waals surface area (Å²) in [6.45, 7) is 1.17. The number of carbonyl (C=O) groups is 2. The van der Waals surface area contributed by atoms with Gasteiger partial charge in [-0.05, 0) is 41.0 Å². The molecule has 1 heterocycles. The molecule has 2 aliphatic rings. The van der Waals surface area contributed by atoms with Crippen LogP contribution >= 0.6 is 0 Å². The first kappa shape index (κ1) is 15.9. The summed E-state index contributed by atoms with van der Waals surface area (Å²) in [5.74, 6) is -1.65. The summed E-state index contributed by atoms with van der Waals surface area (Å²) in [6, 6.07) is 16.0. The van der Waals surface area contributed by atoms with Crippen LogP contribution in [-0.2, 0) is 29.1 Å². The quantitative estimate of drug-likeness (QED) is 0.932. The number of carboxylic acids is 1. The van der Waals surface area contributed by atoms with E-state index in [0.717, 1.165) is 29.5 Å². The second kappa shape index (κ2) is 6.36. The summed E-state index contributed by atoms with van der Waals surface area (Å²) in [4.78, 5) is 26.4. The lowest BCUT2D eigenvalue weighted by Gasteiger charge is -2.23. The Labute approximate surface area is 147 Å². The third-order valence-corrected chi connectivity index (χ3v) is 5.57. The lowest BCUT2D eigenvalue weighted by molar-refractivity contribution is -0.147. The van der Waals surface area contributed by atoms with E-state index in [-0.39, 0.29) is 18.2 Å². The van der Waals surface area contributed by atoms with Crippen LogP contribution in [0.25, 0.3) is 0 Å². The fourth-order valence-electron chi connectivity index (χ4n) is 4.24. The van der Waals surface area contributed by atoms with Gasteiger partial charge >= 0.3 is 5.97 Å². The Balaban J connectivity index is 1.50. The molecule has 0 saturated carbocycles. The molecular weight excluding hydrogens is 314 g/mol. The van der Waals surface area contributed by atoms with Crippen LogP contribution in [0.5, 0.6) is 0 Å². The van der Waals surface area contributed by atoms with Crippen LogP contribution in [0.3, 0.4) is 0 Å². The molecule has 1 N–H and O–H groups in total. The summed E-state index contributed by atoms with van der Waals surface area (Å²) in [5.41, 5.74) is 4.65. The largest absolute Gasteiger partial charge is 0.481 e. The molecule has 4 heteroatoms. The first-order valence-electron chi connectivity index (χ1n) is 8.78. The van der Waals surface area contributed by atoms with Crippen molar-refractivity contribution in [2.75, 3.05) is 0 Å². The Morgan fingerprint density at radius 3 is 2.24 bits per heavy atom. The number of hydrogen-bond acceptors (Lipinski definition) is 2. The molecule has 0 radical (unpaired) electrons. The van der Waals surface area contributed by atoms with E-state index in [2.05, 4.69) is 6.07 Å². The smallest absolute Gasteiger partial charge is 0.307 e. The topological polar surface area (TPSA) is 57.6 Å². The van der Waals surface area contributed by atoms with Gasteiger partial charge in [-0.1, -0.05) is 48.5 Å². The van der Waals surface area contributed by atoms with E-state index >= 15 is 0 Å². The van der Waals surface area contributed by atoms with Gasteiger partial charge in [0.1, 0.15) is 0 Å². The number of fused-ring (bicyclic) bond motifs is 2. The monoisotopic (exact) mass is 335 g/mol. The summed E-state index contributed by atoms with van der Waals surface area (Å²) < 4.78 is 0. The van der Waals surface area contributed by atoms with Crippen LogP contribution in [0, 0.1) is 5.92 Å². The Kier molecular flexibility index (Phi) is 4.04. The number of carboxylic acid groups (broad SMARTS) is 1. The van der Waals surface area contributed by atoms with Crippen LogP contribution in [0.1, 0.15) is 41.0 Å². The van der Waals surface area contributed by atoms with Crippen molar-refractivity contribution in [1.82, 2.24) is 4.90 Å². The molecule has 128 valence electrons. The molecule has 2 aromatic carbocycles. The average molecular weight is 335 g/mol. The van der Waals surface area contributed by atoms with Gasteiger partial charge in [0.15, 0.2) is 0 Å². The van der Waals surface area contributed by atoms with Crippen molar-refractivity contribution >= 4 is 11.9 Å². The number of benzene rings is 2. The van der Waals surface area contributed by atoms with Crippen molar-refractivity contribution in [2.45, 2.75) is 38.3 Å². The summed E-state index contributed by atoms with van der Waals surface area (Å²) in [7, 11) is 0. The number of hydrogen-bond donors (Lipinski definition) is 1. The van der Waals surface area contributed by atoms with Crippen LogP contribution in [-0.4, -0.2) is 21.9 Å². The molecule has 0 spiro atoms. The predicted octanol–water partition coefficient (Wildman–Crippen LogP) is 3.35. The molecular formula is C21H21NO3. The van der Waals surface area contributed by atoms with Crippen LogP contribution in [0.4, 0.5) is 0 Å².